The predicted octanol–water partition coefficient (Wildman–Crippen LogP) is 4.00. The number of benzene rings is 1. The van der Waals surface area contributed by atoms with E-state index in [4.69, 9.17) is 5.26 Å². The van der Waals surface area contributed by atoms with Crippen LogP contribution in [0.5, 0.6) is 0 Å². The van der Waals surface area contributed by atoms with E-state index in [9.17, 15) is 0 Å². The van der Waals surface area contributed by atoms with E-state index in [2.05, 4.69) is 18.0 Å². The highest BCUT2D eigenvalue weighted by atomic mass is 32.2. The van der Waals surface area contributed by atoms with Crippen LogP contribution in [0.1, 0.15) is 25.3 Å². The van der Waals surface area contributed by atoms with E-state index in [1.807, 2.05) is 24.3 Å². The molecule has 2 rings (SSSR count). The quantitative estimate of drug-likeness (QED) is 0.600. The molecule has 2 aromatic rings. The maximum absolute atomic E-state index is 9.13. The molecule has 0 bridgehead atoms. The molecule has 0 aliphatic rings. The number of hydrogen-bond acceptors (Lipinski definition) is 3. The summed E-state index contributed by atoms with van der Waals surface area (Å²) in [7, 11) is 0. The van der Waals surface area contributed by atoms with E-state index >= 15 is 0 Å². The molecule has 1 heterocycles. The minimum absolute atomic E-state index is 0.685. The van der Waals surface area contributed by atoms with Crippen molar-refractivity contribution in [2.45, 2.75) is 24.7 Å². The molecule has 0 radical (unpaired) electrons. The summed E-state index contributed by atoms with van der Waals surface area (Å²) in [6.45, 7) is 2.18. The van der Waals surface area contributed by atoms with Crippen molar-refractivity contribution >= 4 is 22.7 Å². The van der Waals surface area contributed by atoms with Crippen LogP contribution in [0.4, 0.5) is 0 Å². The molecule has 3 heteroatoms. The van der Waals surface area contributed by atoms with E-state index in [-0.39, 0.29) is 0 Å². The summed E-state index contributed by atoms with van der Waals surface area (Å²) in [5.74, 6) is 1.05. The average molecular weight is 242 g/mol. The van der Waals surface area contributed by atoms with Gasteiger partial charge in [-0.3, -0.25) is 4.98 Å². The summed E-state index contributed by atoms with van der Waals surface area (Å²) in [5, 5.41) is 10.2. The van der Waals surface area contributed by atoms with Crippen LogP contribution in [0, 0.1) is 11.3 Å². The highest BCUT2D eigenvalue weighted by Crippen LogP contribution is 2.30. The van der Waals surface area contributed by atoms with Crippen molar-refractivity contribution in [1.82, 2.24) is 4.98 Å². The minimum Gasteiger partial charge on any atom is -0.255 e. The molecule has 0 amide bonds. The molecule has 0 aliphatic carbocycles. The fraction of sp³-hybridized carbons (Fsp3) is 0.286. The van der Waals surface area contributed by atoms with E-state index < -0.39 is 0 Å². The van der Waals surface area contributed by atoms with Crippen molar-refractivity contribution in [3.8, 4) is 6.07 Å². The third kappa shape index (κ3) is 2.59. The lowest BCUT2D eigenvalue weighted by molar-refractivity contribution is 0.896. The van der Waals surface area contributed by atoms with Gasteiger partial charge in [0.15, 0.2) is 0 Å². The molecule has 2 nitrogen and oxygen atoms in total. The van der Waals surface area contributed by atoms with E-state index in [0.29, 0.717) is 5.56 Å². The Morgan fingerprint density at radius 2 is 2.18 bits per heavy atom. The Morgan fingerprint density at radius 1 is 1.35 bits per heavy atom. The second-order valence-electron chi connectivity index (χ2n) is 3.83. The van der Waals surface area contributed by atoms with Crippen molar-refractivity contribution in [3.05, 3.63) is 36.0 Å². The highest BCUT2D eigenvalue weighted by Gasteiger charge is 2.08. The van der Waals surface area contributed by atoms with Crippen molar-refractivity contribution in [3.63, 3.8) is 0 Å². The number of para-hydroxylation sites is 1. The van der Waals surface area contributed by atoms with Gasteiger partial charge in [0, 0.05) is 16.5 Å². The Labute approximate surface area is 106 Å². The zero-order valence-corrected chi connectivity index (χ0v) is 10.6. The Bertz CT molecular complexity index is 558. The maximum Gasteiger partial charge on any atom is 0.102 e. The summed E-state index contributed by atoms with van der Waals surface area (Å²) < 4.78 is 0. The second kappa shape index (κ2) is 5.70. The molecular formula is C14H14N2S. The normalized spacial score (nSPS) is 10.4. The van der Waals surface area contributed by atoms with Gasteiger partial charge in [-0.05, 0) is 18.2 Å². The fourth-order valence-corrected chi connectivity index (χ4v) is 2.89. The summed E-state index contributed by atoms with van der Waals surface area (Å²) in [4.78, 5) is 5.38. The Hall–Kier alpha value is -1.53. The van der Waals surface area contributed by atoms with Gasteiger partial charge in [-0.15, -0.1) is 11.8 Å². The van der Waals surface area contributed by atoms with Crippen molar-refractivity contribution < 1.29 is 0 Å². The average Bonchev–Trinajstić information content (AvgIpc) is 2.39. The first-order valence-corrected chi connectivity index (χ1v) is 6.76. The summed E-state index contributed by atoms with van der Waals surface area (Å²) >= 11 is 1.76. The van der Waals surface area contributed by atoms with Crippen LogP contribution in [0.15, 0.2) is 35.4 Å². The highest BCUT2D eigenvalue weighted by molar-refractivity contribution is 7.99. The molecule has 1 aromatic heterocycles. The predicted molar refractivity (Wildman–Crippen MR) is 72.1 cm³/mol. The van der Waals surface area contributed by atoms with Crippen LogP contribution < -0.4 is 0 Å². The molecular weight excluding hydrogens is 228 g/mol. The molecule has 0 aliphatic heterocycles. The van der Waals surface area contributed by atoms with Crippen LogP contribution in [0.25, 0.3) is 10.9 Å². The number of hydrogen-bond donors (Lipinski definition) is 0. The van der Waals surface area contributed by atoms with Crippen molar-refractivity contribution in [2.75, 3.05) is 5.75 Å². The van der Waals surface area contributed by atoms with E-state index in [0.717, 1.165) is 21.6 Å². The lowest BCUT2D eigenvalue weighted by Gasteiger charge is -2.07. The molecule has 0 N–H and O–H groups in total. The van der Waals surface area contributed by atoms with Gasteiger partial charge in [-0.25, -0.2) is 0 Å². The van der Waals surface area contributed by atoms with Gasteiger partial charge in [-0.1, -0.05) is 31.5 Å². The van der Waals surface area contributed by atoms with Gasteiger partial charge in [0.25, 0.3) is 0 Å². The molecule has 0 spiro atoms. The molecule has 0 saturated carbocycles. The SMILES string of the molecule is CCCCSc1c(C#N)cnc2ccccc12. The first kappa shape index (κ1) is 11.9. The third-order valence-corrected chi connectivity index (χ3v) is 3.81. The number of thioether (sulfide) groups is 1. The largest absolute Gasteiger partial charge is 0.255 e. The zero-order valence-electron chi connectivity index (χ0n) is 9.81. The Balaban J connectivity index is 2.45. The number of aromatic nitrogens is 1. The molecule has 1 aromatic carbocycles. The van der Waals surface area contributed by atoms with Gasteiger partial charge in [0.1, 0.15) is 6.07 Å². The molecule has 0 saturated heterocycles. The summed E-state index contributed by atoms with van der Waals surface area (Å²) in [6, 6.07) is 10.2. The van der Waals surface area contributed by atoms with Gasteiger partial charge in [-0.2, -0.15) is 5.26 Å². The smallest absolute Gasteiger partial charge is 0.102 e. The van der Waals surface area contributed by atoms with E-state index in [1.165, 1.54) is 12.8 Å². The topological polar surface area (TPSA) is 36.7 Å². The lowest BCUT2D eigenvalue weighted by atomic mass is 10.2. The molecule has 86 valence electrons. The molecule has 0 fully saturated rings. The Morgan fingerprint density at radius 3 is 2.94 bits per heavy atom. The summed E-state index contributed by atoms with van der Waals surface area (Å²) in [6.07, 6.45) is 4.03. The molecule has 17 heavy (non-hydrogen) atoms. The third-order valence-electron chi connectivity index (χ3n) is 2.59. The van der Waals surface area contributed by atoms with Crippen molar-refractivity contribution in [2.24, 2.45) is 0 Å². The minimum atomic E-state index is 0.685. The number of pyridine rings is 1. The Kier molecular flexibility index (Phi) is 4.00. The lowest BCUT2D eigenvalue weighted by Crippen LogP contribution is -1.89. The monoisotopic (exact) mass is 242 g/mol. The standard InChI is InChI=1S/C14H14N2S/c1-2-3-8-17-14-11(9-15)10-16-13-7-5-4-6-12(13)14/h4-7,10H,2-3,8H2,1H3. The van der Waals surface area contributed by atoms with Crippen molar-refractivity contribution in [1.29, 1.82) is 5.26 Å². The second-order valence-corrected chi connectivity index (χ2v) is 4.94. The van der Waals surface area contributed by atoms with Gasteiger partial charge in [0.05, 0.1) is 11.1 Å². The van der Waals surface area contributed by atoms with Crippen LogP contribution >= 0.6 is 11.8 Å². The van der Waals surface area contributed by atoms with Gasteiger partial charge >= 0.3 is 0 Å². The number of nitrogens with zero attached hydrogens (tertiary/aromatic N) is 2. The first-order valence-electron chi connectivity index (χ1n) is 5.77. The van der Waals surface area contributed by atoms with Gasteiger partial charge < -0.3 is 0 Å². The number of fused-ring (bicyclic) bond motifs is 1. The number of rotatable bonds is 4. The van der Waals surface area contributed by atoms with Crippen LogP contribution in [0.2, 0.25) is 0 Å². The summed E-state index contributed by atoms with van der Waals surface area (Å²) in [5.41, 5.74) is 1.65. The fourth-order valence-electron chi connectivity index (χ4n) is 1.67. The van der Waals surface area contributed by atoms with Crippen LogP contribution in [-0.4, -0.2) is 10.7 Å². The van der Waals surface area contributed by atoms with Gasteiger partial charge in [0.2, 0.25) is 0 Å². The number of nitriles is 1. The maximum atomic E-state index is 9.13. The molecule has 0 atom stereocenters. The zero-order chi connectivity index (χ0) is 12.1. The molecule has 0 unspecified atom stereocenters. The first-order chi connectivity index (χ1) is 8.36. The van der Waals surface area contributed by atoms with E-state index in [1.54, 1.807) is 18.0 Å². The number of unbranched alkanes of at least 4 members (excludes halogenated alkanes) is 1. The van der Waals surface area contributed by atoms with Crippen LogP contribution in [0.3, 0.4) is 0 Å². The van der Waals surface area contributed by atoms with Crippen LogP contribution in [-0.2, 0) is 0 Å².